The van der Waals surface area contributed by atoms with Crippen molar-refractivity contribution >= 4 is 12.0 Å². The molecule has 10 heteroatoms. The molecule has 2 atom stereocenters. The molecule has 2 amide bonds. The Morgan fingerprint density at radius 3 is 2.41 bits per heavy atom. The maximum atomic E-state index is 14.1. The zero-order valence-electron chi connectivity index (χ0n) is 22.6. The molecule has 1 aromatic carbocycles. The molecular weight excluding hydrogens is 472 g/mol. The van der Waals surface area contributed by atoms with Crippen LogP contribution in [0.4, 0.5) is 4.79 Å². The number of carbonyl (C=O) groups is 2. The predicted molar refractivity (Wildman–Crippen MR) is 137 cm³/mol. The van der Waals surface area contributed by atoms with Crippen molar-refractivity contribution in [3.63, 3.8) is 0 Å². The predicted octanol–water partition coefficient (Wildman–Crippen LogP) is 4.83. The van der Waals surface area contributed by atoms with E-state index in [9.17, 15) is 9.59 Å². The highest BCUT2D eigenvalue weighted by Crippen LogP contribution is 2.35. The Bertz CT molecular complexity index is 1250. The molecule has 2 aromatic heterocycles. The summed E-state index contributed by atoms with van der Waals surface area (Å²) >= 11 is 0. The molecule has 37 heavy (non-hydrogen) atoms. The van der Waals surface area contributed by atoms with E-state index in [-0.39, 0.29) is 5.91 Å². The SMILES string of the molecule is Cc1noc(C(NC(=O)[C@@H]2c3cnc(-c4ccccc4)n3CCCN2C(=O)OC(C)(C)C)C(C)(C)C)n1. The second-order valence-electron chi connectivity index (χ2n) is 11.4. The minimum atomic E-state index is -0.962. The minimum absolute atomic E-state index is 0.314. The first kappa shape index (κ1) is 26.4. The Morgan fingerprint density at radius 1 is 1.11 bits per heavy atom. The second kappa shape index (κ2) is 9.99. The fraction of sp³-hybridized carbons (Fsp3) is 0.519. The van der Waals surface area contributed by atoms with Crippen LogP contribution in [0.15, 0.2) is 41.1 Å². The summed E-state index contributed by atoms with van der Waals surface area (Å²) < 4.78 is 13.2. The molecule has 3 heterocycles. The van der Waals surface area contributed by atoms with E-state index in [0.29, 0.717) is 36.9 Å². The molecule has 0 radical (unpaired) electrons. The first-order valence-corrected chi connectivity index (χ1v) is 12.6. The smallest absolute Gasteiger partial charge is 0.411 e. The van der Waals surface area contributed by atoms with Crippen molar-refractivity contribution in [1.82, 2.24) is 29.9 Å². The van der Waals surface area contributed by atoms with Gasteiger partial charge in [0.15, 0.2) is 11.9 Å². The van der Waals surface area contributed by atoms with Gasteiger partial charge in [-0.3, -0.25) is 9.69 Å². The quantitative estimate of drug-likeness (QED) is 0.537. The molecule has 3 aromatic rings. The van der Waals surface area contributed by atoms with Crippen LogP contribution >= 0.6 is 0 Å². The molecule has 0 aliphatic carbocycles. The molecule has 10 nitrogen and oxygen atoms in total. The monoisotopic (exact) mass is 508 g/mol. The highest BCUT2D eigenvalue weighted by Gasteiger charge is 2.41. The highest BCUT2D eigenvalue weighted by atomic mass is 16.6. The van der Waals surface area contributed by atoms with Crippen LogP contribution in [0.2, 0.25) is 0 Å². The van der Waals surface area contributed by atoms with Gasteiger partial charge in [-0.25, -0.2) is 9.78 Å². The van der Waals surface area contributed by atoms with Crippen molar-refractivity contribution in [3.8, 4) is 11.4 Å². The molecule has 1 N–H and O–H groups in total. The molecule has 1 aliphatic rings. The number of nitrogens with one attached hydrogen (secondary N) is 1. The lowest BCUT2D eigenvalue weighted by Gasteiger charge is -2.34. The third kappa shape index (κ3) is 5.84. The van der Waals surface area contributed by atoms with Gasteiger partial charge in [-0.15, -0.1) is 0 Å². The standard InChI is InChI=1S/C27H36N6O4/c1-17-29-24(37-31-17)21(26(2,3)4)30-23(34)20-19-16-28-22(18-12-9-8-10-13-18)32(19)14-11-15-33(20)25(35)36-27(5,6)7/h8-10,12-13,16,20-21H,11,14-15H2,1-7H3,(H,30,34)/t20-,21?/m0/s1. The van der Waals surface area contributed by atoms with Crippen LogP contribution in [0.5, 0.6) is 0 Å². The number of aryl methyl sites for hydroxylation is 1. The number of fused-ring (bicyclic) bond motifs is 1. The molecule has 1 unspecified atom stereocenters. The van der Waals surface area contributed by atoms with Crippen molar-refractivity contribution in [1.29, 1.82) is 0 Å². The molecule has 0 bridgehead atoms. The van der Waals surface area contributed by atoms with Gasteiger partial charge in [0.1, 0.15) is 17.5 Å². The molecule has 1 aliphatic heterocycles. The number of ether oxygens (including phenoxy) is 1. The van der Waals surface area contributed by atoms with Crippen LogP contribution in [0.1, 0.15) is 77.5 Å². The first-order chi connectivity index (χ1) is 17.3. The van der Waals surface area contributed by atoms with E-state index in [1.165, 1.54) is 4.90 Å². The summed E-state index contributed by atoms with van der Waals surface area (Å²) in [6.45, 7) is 14.1. The highest BCUT2D eigenvalue weighted by molar-refractivity contribution is 5.87. The summed E-state index contributed by atoms with van der Waals surface area (Å²) in [4.78, 5) is 38.0. The summed E-state index contributed by atoms with van der Waals surface area (Å²) in [6, 6.07) is 8.27. The lowest BCUT2D eigenvalue weighted by atomic mass is 9.86. The number of carbonyl (C=O) groups excluding carboxylic acids is 2. The average molecular weight is 509 g/mol. The Kier molecular flexibility index (Phi) is 7.12. The van der Waals surface area contributed by atoms with Crippen LogP contribution in [0, 0.1) is 12.3 Å². The number of hydrogen-bond donors (Lipinski definition) is 1. The fourth-order valence-corrected chi connectivity index (χ4v) is 4.44. The van der Waals surface area contributed by atoms with Gasteiger partial charge in [-0.05, 0) is 39.5 Å². The maximum Gasteiger partial charge on any atom is 0.411 e. The summed E-state index contributed by atoms with van der Waals surface area (Å²) in [5, 5.41) is 7.00. The Balaban J connectivity index is 1.77. The van der Waals surface area contributed by atoms with Gasteiger partial charge in [0.05, 0.1) is 11.9 Å². The number of benzene rings is 1. The van der Waals surface area contributed by atoms with Crippen molar-refractivity contribution in [2.45, 2.75) is 79.1 Å². The molecule has 0 fully saturated rings. The van der Waals surface area contributed by atoms with Gasteiger partial charge in [-0.1, -0.05) is 56.3 Å². The number of amides is 2. The molecule has 0 saturated heterocycles. The van der Waals surface area contributed by atoms with Crippen LogP contribution in [-0.4, -0.2) is 48.7 Å². The van der Waals surface area contributed by atoms with Crippen LogP contribution in [0.3, 0.4) is 0 Å². The molecule has 4 rings (SSSR count). The van der Waals surface area contributed by atoms with E-state index in [0.717, 1.165) is 11.4 Å². The third-order valence-corrected chi connectivity index (χ3v) is 6.11. The molecule has 198 valence electrons. The Hall–Kier alpha value is -3.69. The topological polar surface area (TPSA) is 115 Å². The normalized spacial score (nSPS) is 17.1. The lowest BCUT2D eigenvalue weighted by Crippen LogP contribution is -2.48. The second-order valence-corrected chi connectivity index (χ2v) is 11.4. The number of nitrogens with zero attached hydrogens (tertiary/aromatic N) is 5. The third-order valence-electron chi connectivity index (χ3n) is 6.11. The average Bonchev–Trinajstić information content (AvgIpc) is 3.36. The number of aromatic nitrogens is 4. The number of imidazole rings is 1. The molecule has 0 spiro atoms. The Labute approximate surface area is 217 Å². The summed E-state index contributed by atoms with van der Waals surface area (Å²) in [5.41, 5.74) is 0.405. The van der Waals surface area contributed by atoms with Gasteiger partial charge in [0.2, 0.25) is 11.8 Å². The van der Waals surface area contributed by atoms with Crippen LogP contribution in [-0.2, 0) is 16.1 Å². The number of rotatable bonds is 4. The molecule has 0 saturated carbocycles. The largest absolute Gasteiger partial charge is 0.444 e. The zero-order chi connectivity index (χ0) is 27.0. The van der Waals surface area contributed by atoms with Crippen molar-refractivity contribution in [2.75, 3.05) is 6.54 Å². The summed E-state index contributed by atoms with van der Waals surface area (Å²) in [6.07, 6.45) is 1.76. The van der Waals surface area contributed by atoms with E-state index in [1.54, 1.807) is 13.1 Å². The van der Waals surface area contributed by atoms with Gasteiger partial charge in [-0.2, -0.15) is 4.98 Å². The summed E-state index contributed by atoms with van der Waals surface area (Å²) in [7, 11) is 0. The van der Waals surface area contributed by atoms with Gasteiger partial charge < -0.3 is 19.1 Å². The van der Waals surface area contributed by atoms with Crippen molar-refractivity contribution in [3.05, 3.63) is 53.9 Å². The molecular formula is C27H36N6O4. The maximum absolute atomic E-state index is 14.1. The van der Waals surface area contributed by atoms with Crippen molar-refractivity contribution < 1.29 is 18.8 Å². The van der Waals surface area contributed by atoms with E-state index < -0.39 is 29.2 Å². The van der Waals surface area contributed by atoms with E-state index in [4.69, 9.17) is 9.26 Å². The van der Waals surface area contributed by atoms with E-state index in [2.05, 4.69) is 20.4 Å². The summed E-state index contributed by atoms with van der Waals surface area (Å²) in [5.74, 6) is 1.17. The minimum Gasteiger partial charge on any atom is -0.444 e. The van der Waals surface area contributed by atoms with Gasteiger partial charge in [0.25, 0.3) is 0 Å². The first-order valence-electron chi connectivity index (χ1n) is 12.6. The van der Waals surface area contributed by atoms with E-state index >= 15 is 0 Å². The van der Waals surface area contributed by atoms with Crippen LogP contribution < -0.4 is 5.32 Å². The van der Waals surface area contributed by atoms with E-state index in [1.807, 2.05) is 76.4 Å². The fourth-order valence-electron chi connectivity index (χ4n) is 4.44. The zero-order valence-corrected chi connectivity index (χ0v) is 22.6. The van der Waals surface area contributed by atoms with Gasteiger partial charge >= 0.3 is 6.09 Å². The number of hydrogen-bond acceptors (Lipinski definition) is 7. The van der Waals surface area contributed by atoms with Crippen LogP contribution in [0.25, 0.3) is 11.4 Å². The van der Waals surface area contributed by atoms with Gasteiger partial charge in [0, 0.05) is 18.7 Å². The van der Waals surface area contributed by atoms with Crippen molar-refractivity contribution in [2.24, 2.45) is 5.41 Å². The Morgan fingerprint density at radius 2 is 1.81 bits per heavy atom. The lowest BCUT2D eigenvalue weighted by molar-refractivity contribution is -0.128.